The standard InChI is InChI=1S/C12H19NO4/c1-12(17,7-11(15)16)8-13-10(14)6-9-4-2-3-5-9/h2,4,9,17H,3,5-8H2,1H3,(H,13,14)(H,15,16). The lowest BCUT2D eigenvalue weighted by Crippen LogP contribution is -2.42. The van der Waals surface area contributed by atoms with Gasteiger partial charge >= 0.3 is 5.97 Å². The second-order valence-electron chi connectivity index (χ2n) is 4.81. The zero-order chi connectivity index (χ0) is 12.9. The van der Waals surface area contributed by atoms with E-state index in [1.807, 2.05) is 6.08 Å². The van der Waals surface area contributed by atoms with E-state index in [0.29, 0.717) is 6.42 Å². The highest BCUT2D eigenvalue weighted by molar-refractivity contribution is 5.76. The molecule has 0 fully saturated rings. The summed E-state index contributed by atoms with van der Waals surface area (Å²) in [6.07, 6.45) is 6.09. The van der Waals surface area contributed by atoms with Crippen molar-refractivity contribution in [1.29, 1.82) is 0 Å². The normalized spacial score (nSPS) is 22.1. The number of carbonyl (C=O) groups is 2. The fourth-order valence-corrected chi connectivity index (χ4v) is 1.85. The van der Waals surface area contributed by atoms with Gasteiger partial charge in [0.05, 0.1) is 12.0 Å². The monoisotopic (exact) mass is 241 g/mol. The van der Waals surface area contributed by atoms with E-state index in [1.165, 1.54) is 6.92 Å². The van der Waals surface area contributed by atoms with Crippen LogP contribution < -0.4 is 5.32 Å². The maximum absolute atomic E-state index is 11.5. The van der Waals surface area contributed by atoms with Crippen molar-refractivity contribution >= 4 is 11.9 Å². The summed E-state index contributed by atoms with van der Waals surface area (Å²) in [5.41, 5.74) is -1.40. The first kappa shape index (κ1) is 13.7. The Bertz CT molecular complexity index is 322. The van der Waals surface area contributed by atoms with Crippen LogP contribution in [0.1, 0.15) is 32.6 Å². The van der Waals surface area contributed by atoms with Gasteiger partial charge in [-0.05, 0) is 25.7 Å². The molecule has 1 aliphatic carbocycles. The molecule has 0 radical (unpaired) electrons. The largest absolute Gasteiger partial charge is 0.481 e. The zero-order valence-corrected chi connectivity index (χ0v) is 9.98. The molecular weight excluding hydrogens is 222 g/mol. The van der Waals surface area contributed by atoms with E-state index in [4.69, 9.17) is 5.11 Å². The molecule has 17 heavy (non-hydrogen) atoms. The Labute approximate surface area is 101 Å². The number of aliphatic carboxylic acids is 1. The van der Waals surface area contributed by atoms with Gasteiger partial charge in [0.1, 0.15) is 0 Å². The molecule has 0 saturated heterocycles. The highest BCUT2D eigenvalue weighted by Crippen LogP contribution is 2.20. The number of aliphatic hydroxyl groups is 1. The maximum Gasteiger partial charge on any atom is 0.306 e. The molecule has 2 unspecified atom stereocenters. The summed E-state index contributed by atoms with van der Waals surface area (Å²) in [7, 11) is 0. The first-order valence-electron chi connectivity index (χ1n) is 5.76. The molecule has 1 rings (SSSR count). The molecule has 96 valence electrons. The van der Waals surface area contributed by atoms with E-state index >= 15 is 0 Å². The fourth-order valence-electron chi connectivity index (χ4n) is 1.85. The predicted molar refractivity (Wildman–Crippen MR) is 62.4 cm³/mol. The van der Waals surface area contributed by atoms with Gasteiger partial charge in [0.25, 0.3) is 0 Å². The number of nitrogens with one attached hydrogen (secondary N) is 1. The van der Waals surface area contributed by atoms with E-state index in [2.05, 4.69) is 11.4 Å². The Hall–Kier alpha value is -1.36. The van der Waals surface area contributed by atoms with Crippen molar-refractivity contribution in [3.63, 3.8) is 0 Å². The van der Waals surface area contributed by atoms with E-state index in [0.717, 1.165) is 12.8 Å². The summed E-state index contributed by atoms with van der Waals surface area (Å²) in [6, 6.07) is 0. The summed E-state index contributed by atoms with van der Waals surface area (Å²) < 4.78 is 0. The number of rotatable bonds is 6. The van der Waals surface area contributed by atoms with Crippen molar-refractivity contribution in [2.24, 2.45) is 5.92 Å². The van der Waals surface area contributed by atoms with Crippen LogP contribution in [-0.2, 0) is 9.59 Å². The van der Waals surface area contributed by atoms with Gasteiger partial charge in [-0.3, -0.25) is 9.59 Å². The van der Waals surface area contributed by atoms with Gasteiger partial charge in [0.2, 0.25) is 5.91 Å². The number of amides is 1. The molecule has 0 spiro atoms. The number of hydrogen-bond acceptors (Lipinski definition) is 3. The molecule has 5 heteroatoms. The first-order chi connectivity index (χ1) is 7.89. The van der Waals surface area contributed by atoms with Crippen LogP contribution in [0.3, 0.4) is 0 Å². The van der Waals surface area contributed by atoms with Crippen LogP contribution in [0, 0.1) is 5.92 Å². The van der Waals surface area contributed by atoms with Crippen LogP contribution >= 0.6 is 0 Å². The molecule has 0 aromatic carbocycles. The molecule has 0 aliphatic heterocycles. The Morgan fingerprint density at radius 1 is 1.53 bits per heavy atom. The Morgan fingerprint density at radius 2 is 2.24 bits per heavy atom. The maximum atomic E-state index is 11.5. The van der Waals surface area contributed by atoms with Crippen molar-refractivity contribution < 1.29 is 19.8 Å². The van der Waals surface area contributed by atoms with E-state index in [9.17, 15) is 14.7 Å². The lowest BCUT2D eigenvalue weighted by atomic mass is 10.0. The Kier molecular flexibility index (Phi) is 4.69. The van der Waals surface area contributed by atoms with Crippen LogP contribution in [0.2, 0.25) is 0 Å². The fraction of sp³-hybridized carbons (Fsp3) is 0.667. The number of hydrogen-bond donors (Lipinski definition) is 3. The number of allylic oxidation sites excluding steroid dienone is 2. The second-order valence-corrected chi connectivity index (χ2v) is 4.81. The highest BCUT2D eigenvalue weighted by Gasteiger charge is 2.25. The van der Waals surface area contributed by atoms with Gasteiger partial charge in [-0.25, -0.2) is 0 Å². The van der Waals surface area contributed by atoms with E-state index in [-0.39, 0.29) is 24.8 Å². The summed E-state index contributed by atoms with van der Waals surface area (Å²) in [5.74, 6) is -0.949. The van der Waals surface area contributed by atoms with Crippen LogP contribution in [-0.4, -0.2) is 34.2 Å². The second kappa shape index (κ2) is 5.82. The summed E-state index contributed by atoms with van der Waals surface area (Å²) in [6.45, 7) is 1.37. The minimum atomic E-state index is -1.40. The van der Waals surface area contributed by atoms with Gasteiger partial charge in [-0.2, -0.15) is 0 Å². The third-order valence-corrected chi connectivity index (χ3v) is 2.76. The lowest BCUT2D eigenvalue weighted by Gasteiger charge is -2.21. The average molecular weight is 241 g/mol. The van der Waals surface area contributed by atoms with Gasteiger partial charge in [0, 0.05) is 13.0 Å². The Balaban J connectivity index is 2.26. The molecule has 1 amide bonds. The SMILES string of the molecule is CC(O)(CNC(=O)CC1C=CCC1)CC(=O)O. The minimum Gasteiger partial charge on any atom is -0.481 e. The molecule has 3 N–H and O–H groups in total. The average Bonchev–Trinajstić information content (AvgIpc) is 2.65. The number of carboxylic acid groups (broad SMARTS) is 1. The van der Waals surface area contributed by atoms with Crippen molar-refractivity contribution in [1.82, 2.24) is 5.32 Å². The van der Waals surface area contributed by atoms with Crippen molar-refractivity contribution in [2.75, 3.05) is 6.54 Å². The van der Waals surface area contributed by atoms with Gasteiger partial charge in [-0.15, -0.1) is 0 Å². The zero-order valence-electron chi connectivity index (χ0n) is 9.98. The molecule has 0 saturated carbocycles. The summed E-state index contributed by atoms with van der Waals surface area (Å²) in [5, 5.41) is 20.8. The molecule has 5 nitrogen and oxygen atoms in total. The quantitative estimate of drug-likeness (QED) is 0.597. The predicted octanol–water partition coefficient (Wildman–Crippen LogP) is 0.685. The topological polar surface area (TPSA) is 86.6 Å². The van der Waals surface area contributed by atoms with Crippen molar-refractivity contribution in [3.8, 4) is 0 Å². The third kappa shape index (κ3) is 5.49. The number of carboxylic acids is 1. The van der Waals surface area contributed by atoms with Gasteiger partial charge < -0.3 is 15.5 Å². The molecule has 0 aromatic heterocycles. The van der Waals surface area contributed by atoms with Gasteiger partial charge in [-0.1, -0.05) is 12.2 Å². The van der Waals surface area contributed by atoms with Crippen LogP contribution in [0.4, 0.5) is 0 Å². The van der Waals surface area contributed by atoms with Crippen LogP contribution in [0.25, 0.3) is 0 Å². The molecule has 0 bridgehead atoms. The molecule has 2 atom stereocenters. The molecule has 0 aromatic rings. The molecule has 1 aliphatic rings. The summed E-state index contributed by atoms with van der Waals surface area (Å²) >= 11 is 0. The van der Waals surface area contributed by atoms with Crippen LogP contribution in [0.15, 0.2) is 12.2 Å². The minimum absolute atomic E-state index is 0.0332. The Morgan fingerprint density at radius 3 is 2.76 bits per heavy atom. The third-order valence-electron chi connectivity index (χ3n) is 2.76. The van der Waals surface area contributed by atoms with Crippen LogP contribution in [0.5, 0.6) is 0 Å². The molecular formula is C12H19NO4. The van der Waals surface area contributed by atoms with E-state index < -0.39 is 11.6 Å². The summed E-state index contributed by atoms with van der Waals surface area (Å²) in [4.78, 5) is 22.0. The highest BCUT2D eigenvalue weighted by atomic mass is 16.4. The first-order valence-corrected chi connectivity index (χ1v) is 5.76. The van der Waals surface area contributed by atoms with Gasteiger partial charge in [0.15, 0.2) is 0 Å². The van der Waals surface area contributed by atoms with Crippen molar-refractivity contribution in [2.45, 2.75) is 38.2 Å². The van der Waals surface area contributed by atoms with Crippen molar-refractivity contribution in [3.05, 3.63) is 12.2 Å². The van der Waals surface area contributed by atoms with E-state index in [1.54, 1.807) is 0 Å². The smallest absolute Gasteiger partial charge is 0.306 e. The molecule has 0 heterocycles. The lowest BCUT2D eigenvalue weighted by molar-refractivity contribution is -0.142. The number of carbonyl (C=O) groups excluding carboxylic acids is 1.